The number of nitrogens with two attached hydrogens (primary N) is 4. The van der Waals surface area contributed by atoms with E-state index in [0.29, 0.717) is 78.0 Å². The second-order valence-corrected chi connectivity index (χ2v) is 42.0. The van der Waals surface area contributed by atoms with Crippen LogP contribution >= 0.6 is 46.4 Å². The van der Waals surface area contributed by atoms with Crippen molar-refractivity contribution >= 4 is 136 Å². The minimum atomic E-state index is -3.33. The van der Waals surface area contributed by atoms with Crippen LogP contribution in [0.25, 0.3) is 0 Å². The van der Waals surface area contributed by atoms with E-state index in [-0.39, 0.29) is 17.7 Å². The summed E-state index contributed by atoms with van der Waals surface area (Å²) < 4.78 is 73.1. The molecule has 0 atom stereocenters. The molecule has 0 amide bonds. The SMILES string of the molecule is CS(=O)(=O)Cc1ccc(CN(CCc2ccc(Cl)cc2)C2CCN(c3n[nH]c(N)n3)CC2)cc1.CS(=O)(=O)Cc1ccccc1CN(CCc1ccc(Cl)cc1)C1CCN(c2n[nH]c(N)n2)CC1.CS(=O)(=O)Nc1cccc(CN(CCc2ccc(Cl)cc2)C2CCN(c3n[nH]c(N)n3)CC2)c1.Nc1nc(N2CCC(N(CCc3ccc(Cl)cc3)CC3CC3)CC2)n[nH]1.O=C=O. The van der Waals surface area contributed by atoms with E-state index in [4.69, 9.17) is 78.9 Å². The molecule has 0 unspecified atom stereocenters. The molecule has 16 rings (SSSR count). The van der Waals surface area contributed by atoms with Crippen molar-refractivity contribution in [2.75, 3.05) is 151 Å². The molecule has 33 nitrogen and oxygen atoms in total. The predicted octanol–water partition coefficient (Wildman–Crippen LogP) is 12.1. The summed E-state index contributed by atoms with van der Waals surface area (Å²) in [6.07, 6.45) is 18.7. The lowest BCUT2D eigenvalue weighted by Crippen LogP contribution is -2.46. The van der Waals surface area contributed by atoms with Gasteiger partial charge in [0.25, 0.3) is 0 Å². The van der Waals surface area contributed by atoms with Crippen LogP contribution in [-0.4, -0.2) is 240 Å². The minimum Gasteiger partial charge on any atom is -0.368 e. The number of nitrogens with one attached hydrogen (secondary N) is 5. The number of aromatic nitrogens is 12. The van der Waals surface area contributed by atoms with E-state index in [1.165, 1.54) is 59.7 Å². The molecule has 8 heterocycles. The molecule has 4 aromatic heterocycles. The zero-order valence-electron chi connectivity index (χ0n) is 74.1. The third kappa shape index (κ3) is 33.3. The number of anilines is 9. The van der Waals surface area contributed by atoms with Crippen LogP contribution in [0.4, 0.5) is 53.3 Å². The largest absolute Gasteiger partial charge is 0.373 e. The summed E-state index contributed by atoms with van der Waals surface area (Å²) in [4.78, 5) is 52.2. The number of nitrogens with zero attached hydrogens (tertiary/aromatic N) is 16. The number of hydrogen-bond donors (Lipinski definition) is 9. The first kappa shape index (κ1) is 99.5. The van der Waals surface area contributed by atoms with Crippen molar-refractivity contribution in [3.63, 3.8) is 0 Å². The zero-order valence-corrected chi connectivity index (χ0v) is 79.6. The van der Waals surface area contributed by atoms with Gasteiger partial charge in [-0.2, -0.15) is 29.5 Å². The highest BCUT2D eigenvalue weighted by Gasteiger charge is 2.34. The Kier molecular flexibility index (Phi) is 36.7. The Labute approximate surface area is 787 Å². The number of carbonyl (C=O) groups excluding carboxylic acids is 2. The van der Waals surface area contributed by atoms with E-state index in [0.717, 1.165) is 229 Å². The van der Waals surface area contributed by atoms with Gasteiger partial charge in [0.15, 0.2) is 19.7 Å². The topological polar surface area (TPSA) is 445 Å². The minimum absolute atomic E-state index is 0.0545. The lowest BCUT2D eigenvalue weighted by atomic mass is 10.00. The van der Waals surface area contributed by atoms with Crippen molar-refractivity contribution in [2.45, 2.75) is 145 Å². The van der Waals surface area contributed by atoms with Gasteiger partial charge in [-0.1, -0.05) is 156 Å². The van der Waals surface area contributed by atoms with Crippen molar-refractivity contribution < 1.29 is 34.8 Å². The predicted molar refractivity (Wildman–Crippen MR) is 520 cm³/mol. The summed E-state index contributed by atoms with van der Waals surface area (Å²) in [6, 6.07) is 57.4. The van der Waals surface area contributed by atoms with E-state index >= 15 is 0 Å². The summed E-state index contributed by atoms with van der Waals surface area (Å²) in [5, 5.41) is 30.6. The first-order valence-corrected chi connectivity index (χ1v) is 51.6. The molecule has 40 heteroatoms. The molecular weight excluding hydrogens is 1810 g/mol. The van der Waals surface area contributed by atoms with Gasteiger partial charge < -0.3 is 42.5 Å². The van der Waals surface area contributed by atoms with Crippen LogP contribution in [0.5, 0.6) is 0 Å². The fourth-order valence-electron chi connectivity index (χ4n) is 17.1. The van der Waals surface area contributed by atoms with Gasteiger partial charge in [-0.15, -0.1) is 20.4 Å². The molecule has 0 spiro atoms. The molecule has 7 aromatic carbocycles. The number of hydrogen-bond acceptors (Lipinski definition) is 28. The van der Waals surface area contributed by atoms with Gasteiger partial charge in [-0.3, -0.25) is 24.3 Å². The van der Waals surface area contributed by atoms with Crippen molar-refractivity contribution in [3.05, 3.63) is 240 Å². The Bertz CT molecular complexity index is 5750. The second-order valence-electron chi connectivity index (χ2n) is 34.2. The standard InChI is InChI=1S/2C24H31ClN6O2S.C23H30ClN7O2S.C19H27ClN6.CO2/c1-34(32,33)17-20-4-2-19(3-5-20)16-31(13-10-18-6-8-21(25)9-7-18)22-11-14-30(15-12-22)24-27-23(26)28-29-24;1-34(32,33)17-20-5-3-2-4-19(20)16-31(13-10-18-6-8-21(25)9-7-18)22-11-14-30(15-12-22)24-27-23(26)28-29-24;1-34(32,33)29-20-4-2-3-18(15-20)16-31(12-9-17-5-7-19(24)8-6-17)21-10-13-30(14-11-21)23-26-22(25)27-28-23;20-16-5-3-14(4-6-16)7-10-26(13-15-1-2-15)17-8-11-25(12-9-17)19-22-18(21)23-24-19;2-1-3/h2*2-9,22H,10-17H2,1H3,(H3,26,27,28,29);2-8,15,21,29H,9-14,16H2,1H3,(H3,25,26,27,28);3-6,15,17H,1-2,7-13H2,(H3,21,22,23,24);. The number of benzene rings is 7. The van der Waals surface area contributed by atoms with E-state index < -0.39 is 29.7 Å². The summed E-state index contributed by atoms with van der Waals surface area (Å²) >= 11 is 24.2. The monoisotopic (exact) mass is 1930 g/mol. The van der Waals surface area contributed by atoms with Crippen LogP contribution in [0.2, 0.25) is 20.1 Å². The number of halogens is 4. The Morgan fingerprint density at radius 2 is 0.664 bits per heavy atom. The lowest BCUT2D eigenvalue weighted by molar-refractivity contribution is -0.191. The Morgan fingerprint density at radius 3 is 0.977 bits per heavy atom. The molecule has 1 aliphatic carbocycles. The summed E-state index contributed by atoms with van der Waals surface area (Å²) in [5.41, 5.74) is 33.4. The van der Waals surface area contributed by atoms with E-state index in [9.17, 15) is 25.3 Å². The molecule has 5 aliphatic rings. The molecule has 4 aliphatic heterocycles. The van der Waals surface area contributed by atoms with Gasteiger partial charge in [-0.25, -0.2) is 45.6 Å². The molecular formula is C91H119Cl4N25O8S3. The number of sulfone groups is 2. The highest BCUT2D eigenvalue weighted by Crippen LogP contribution is 2.34. The van der Waals surface area contributed by atoms with Crippen LogP contribution < -0.4 is 47.3 Å². The molecule has 702 valence electrons. The maximum absolute atomic E-state index is 12.0. The number of aromatic amines is 4. The normalized spacial score (nSPS) is 15.6. The van der Waals surface area contributed by atoms with Crippen LogP contribution in [-0.2, 0) is 96.1 Å². The van der Waals surface area contributed by atoms with Crippen molar-refractivity contribution in [1.82, 2.24) is 80.3 Å². The zero-order chi connectivity index (χ0) is 93.0. The summed E-state index contributed by atoms with van der Waals surface area (Å²) in [7, 11) is -9.49. The quantitative estimate of drug-likeness (QED) is 0.0181. The first-order chi connectivity index (χ1) is 62.8. The fraction of sp³-hybridized carbons (Fsp3) is 0.440. The Hall–Kier alpha value is -10.5. The third-order valence-corrected chi connectivity index (χ3v) is 27.3. The highest BCUT2D eigenvalue weighted by atomic mass is 35.5. The van der Waals surface area contributed by atoms with E-state index in [2.05, 4.69) is 153 Å². The van der Waals surface area contributed by atoms with Gasteiger partial charge >= 0.3 is 6.15 Å². The third-order valence-electron chi connectivity index (χ3n) is 24.0. The van der Waals surface area contributed by atoms with Crippen LogP contribution in [0.1, 0.15) is 114 Å². The van der Waals surface area contributed by atoms with Crippen molar-refractivity contribution in [1.29, 1.82) is 0 Å². The Morgan fingerprint density at radius 1 is 0.366 bits per heavy atom. The van der Waals surface area contributed by atoms with Crippen LogP contribution in [0, 0.1) is 5.92 Å². The number of sulfonamides is 1. The molecule has 1 saturated carbocycles. The van der Waals surface area contributed by atoms with Crippen LogP contribution in [0.15, 0.2) is 170 Å². The summed E-state index contributed by atoms with van der Waals surface area (Å²) in [6.45, 7) is 14.4. The molecule has 4 saturated heterocycles. The maximum Gasteiger partial charge on any atom is 0.373 e. The van der Waals surface area contributed by atoms with Gasteiger partial charge in [-0.05, 0) is 207 Å². The molecule has 0 radical (unpaired) electrons. The Balaban J connectivity index is 0.000000157. The van der Waals surface area contributed by atoms with Gasteiger partial charge in [0.1, 0.15) is 0 Å². The lowest BCUT2D eigenvalue weighted by Gasteiger charge is -2.38. The number of rotatable bonds is 34. The second kappa shape index (κ2) is 48.3. The van der Waals surface area contributed by atoms with Gasteiger partial charge in [0.2, 0.25) is 57.6 Å². The van der Waals surface area contributed by atoms with Gasteiger partial charge in [0.05, 0.1) is 17.8 Å². The number of H-pyrrole nitrogens is 4. The average Bonchev–Trinajstić information content (AvgIpc) is 1.50. The molecule has 0 bridgehead atoms. The van der Waals surface area contributed by atoms with E-state index in [1.807, 2.05) is 115 Å². The smallest absolute Gasteiger partial charge is 0.368 e. The van der Waals surface area contributed by atoms with Gasteiger partial charge in [0, 0.05) is 167 Å². The van der Waals surface area contributed by atoms with E-state index in [1.54, 1.807) is 6.07 Å². The van der Waals surface area contributed by atoms with Crippen LogP contribution in [0.3, 0.4) is 0 Å². The van der Waals surface area contributed by atoms with Crippen molar-refractivity contribution in [2.24, 2.45) is 5.92 Å². The average molecular weight is 1930 g/mol. The maximum atomic E-state index is 12.0. The summed E-state index contributed by atoms with van der Waals surface area (Å²) in [5.74, 6) is 5.07. The number of piperidine rings is 4. The first-order valence-electron chi connectivity index (χ1n) is 44.1. The molecule has 131 heavy (non-hydrogen) atoms. The fourth-order valence-corrected chi connectivity index (χ4v) is 19.8. The van der Waals surface area contributed by atoms with Crippen molar-refractivity contribution in [3.8, 4) is 0 Å². The molecule has 13 N–H and O–H groups in total. The molecule has 5 fully saturated rings. The molecule has 11 aromatic rings. The number of nitrogen functional groups attached to an aromatic ring is 4. The highest BCUT2D eigenvalue weighted by molar-refractivity contribution is 7.92.